The van der Waals surface area contributed by atoms with Gasteiger partial charge in [0.1, 0.15) is 5.82 Å². The average molecular weight is 374 g/mol. The van der Waals surface area contributed by atoms with E-state index in [4.69, 9.17) is 9.47 Å². The Morgan fingerprint density at radius 3 is 2.15 bits per heavy atom. The highest BCUT2D eigenvalue weighted by Crippen LogP contribution is 2.28. The molecule has 27 heavy (non-hydrogen) atoms. The van der Waals surface area contributed by atoms with Gasteiger partial charge in [-0.1, -0.05) is 13.8 Å². The fourth-order valence-electron chi connectivity index (χ4n) is 2.19. The summed E-state index contributed by atoms with van der Waals surface area (Å²) in [6.45, 7) is 4.76. The van der Waals surface area contributed by atoms with Crippen LogP contribution in [0.1, 0.15) is 41.0 Å². The lowest BCUT2D eigenvalue weighted by molar-refractivity contribution is 0.0846. The van der Waals surface area contributed by atoms with Gasteiger partial charge in [0, 0.05) is 11.1 Å². The van der Waals surface area contributed by atoms with Gasteiger partial charge in [-0.15, -0.1) is 0 Å². The first-order chi connectivity index (χ1) is 12.9. The molecule has 7 heteroatoms. The molecule has 0 heterocycles. The first kappa shape index (κ1) is 20.2. The molecule has 2 amide bonds. The van der Waals surface area contributed by atoms with E-state index in [2.05, 4.69) is 24.7 Å². The van der Waals surface area contributed by atoms with Crippen molar-refractivity contribution in [2.75, 3.05) is 13.7 Å². The monoisotopic (exact) mass is 374 g/mol. The van der Waals surface area contributed by atoms with Gasteiger partial charge in [0.15, 0.2) is 11.5 Å². The maximum Gasteiger partial charge on any atom is 0.269 e. The lowest BCUT2D eigenvalue weighted by Gasteiger charge is -2.13. The maximum absolute atomic E-state index is 12.9. The Morgan fingerprint density at radius 2 is 1.56 bits per heavy atom. The van der Waals surface area contributed by atoms with Gasteiger partial charge in [-0.3, -0.25) is 20.4 Å². The molecule has 0 aliphatic heterocycles. The molecule has 2 rings (SSSR count). The molecule has 0 aromatic heterocycles. The number of nitrogens with one attached hydrogen (secondary N) is 2. The molecule has 2 N–H and O–H groups in total. The number of benzene rings is 2. The van der Waals surface area contributed by atoms with Crippen LogP contribution in [0.4, 0.5) is 4.39 Å². The van der Waals surface area contributed by atoms with Crippen LogP contribution in [-0.4, -0.2) is 25.5 Å². The second kappa shape index (κ2) is 9.56. The van der Waals surface area contributed by atoms with Crippen molar-refractivity contribution in [2.45, 2.75) is 20.3 Å². The van der Waals surface area contributed by atoms with E-state index in [1.165, 1.54) is 37.4 Å². The lowest BCUT2D eigenvalue weighted by Crippen LogP contribution is -2.41. The standard InChI is InChI=1S/C20H23FN2O4/c1-13(2)10-11-27-17-9-6-15(12-18(17)26-3)20(25)23-22-19(24)14-4-7-16(21)8-5-14/h4-9,12-13H,10-11H2,1-3H3,(H,22,24)(H,23,25). The van der Waals surface area contributed by atoms with Gasteiger partial charge in [-0.25, -0.2) is 4.39 Å². The highest BCUT2D eigenvalue weighted by Gasteiger charge is 2.13. The molecule has 0 bridgehead atoms. The second-order valence-electron chi connectivity index (χ2n) is 6.31. The van der Waals surface area contributed by atoms with Crippen LogP contribution >= 0.6 is 0 Å². The van der Waals surface area contributed by atoms with Gasteiger partial charge in [-0.2, -0.15) is 0 Å². The van der Waals surface area contributed by atoms with E-state index < -0.39 is 17.6 Å². The van der Waals surface area contributed by atoms with E-state index >= 15 is 0 Å². The minimum Gasteiger partial charge on any atom is -0.493 e. The molecule has 2 aromatic rings. The smallest absolute Gasteiger partial charge is 0.269 e. The molecule has 0 saturated carbocycles. The summed E-state index contributed by atoms with van der Waals surface area (Å²) < 4.78 is 23.8. The van der Waals surface area contributed by atoms with Crippen LogP contribution in [0.3, 0.4) is 0 Å². The van der Waals surface area contributed by atoms with Crippen LogP contribution in [0.25, 0.3) is 0 Å². The number of carbonyl (C=O) groups is 2. The molecule has 0 unspecified atom stereocenters. The molecule has 2 aromatic carbocycles. The Labute approximate surface area is 157 Å². The van der Waals surface area contributed by atoms with Crippen LogP contribution in [0.15, 0.2) is 42.5 Å². The summed E-state index contributed by atoms with van der Waals surface area (Å²) in [6.07, 6.45) is 0.904. The number of amides is 2. The normalized spacial score (nSPS) is 10.4. The highest BCUT2D eigenvalue weighted by molar-refractivity contribution is 5.99. The molecular weight excluding hydrogens is 351 g/mol. The average Bonchev–Trinajstić information content (AvgIpc) is 2.66. The van der Waals surface area contributed by atoms with Gasteiger partial charge < -0.3 is 9.47 Å². The molecule has 0 aliphatic carbocycles. The van der Waals surface area contributed by atoms with Crippen LogP contribution in [-0.2, 0) is 0 Å². The third-order valence-electron chi connectivity index (χ3n) is 3.77. The Morgan fingerprint density at radius 1 is 0.963 bits per heavy atom. The number of carbonyl (C=O) groups excluding carboxylic acids is 2. The van der Waals surface area contributed by atoms with Crippen molar-refractivity contribution in [1.29, 1.82) is 0 Å². The minimum absolute atomic E-state index is 0.225. The number of hydrazine groups is 1. The fraction of sp³-hybridized carbons (Fsp3) is 0.300. The van der Waals surface area contributed by atoms with Gasteiger partial charge in [0.2, 0.25) is 0 Å². The van der Waals surface area contributed by atoms with Gasteiger partial charge in [-0.05, 0) is 54.8 Å². The van der Waals surface area contributed by atoms with Crippen LogP contribution in [0.5, 0.6) is 11.5 Å². The van der Waals surface area contributed by atoms with Crippen molar-refractivity contribution in [1.82, 2.24) is 10.9 Å². The Kier molecular flexibility index (Phi) is 7.16. The number of rotatable bonds is 7. The van der Waals surface area contributed by atoms with Crippen LogP contribution in [0.2, 0.25) is 0 Å². The van der Waals surface area contributed by atoms with E-state index in [1.54, 1.807) is 12.1 Å². The van der Waals surface area contributed by atoms with Crippen LogP contribution in [0, 0.1) is 11.7 Å². The molecule has 6 nitrogen and oxygen atoms in total. The van der Waals surface area contributed by atoms with Crippen LogP contribution < -0.4 is 20.3 Å². The van der Waals surface area contributed by atoms with Gasteiger partial charge in [0.05, 0.1) is 13.7 Å². The first-order valence-electron chi connectivity index (χ1n) is 8.57. The lowest BCUT2D eigenvalue weighted by atomic mass is 10.1. The summed E-state index contributed by atoms with van der Waals surface area (Å²) in [4.78, 5) is 24.2. The Bertz CT molecular complexity index is 791. The van der Waals surface area contributed by atoms with Gasteiger partial charge >= 0.3 is 0 Å². The third-order valence-corrected chi connectivity index (χ3v) is 3.77. The molecule has 0 saturated heterocycles. The molecule has 0 radical (unpaired) electrons. The van der Waals surface area contributed by atoms with Crippen molar-refractivity contribution >= 4 is 11.8 Å². The number of hydrogen-bond acceptors (Lipinski definition) is 4. The van der Waals surface area contributed by atoms with E-state index in [0.29, 0.717) is 29.6 Å². The molecular formula is C20H23FN2O4. The van der Waals surface area contributed by atoms with Gasteiger partial charge in [0.25, 0.3) is 11.8 Å². The summed E-state index contributed by atoms with van der Waals surface area (Å²) in [7, 11) is 1.49. The maximum atomic E-state index is 12.9. The highest BCUT2D eigenvalue weighted by atomic mass is 19.1. The zero-order chi connectivity index (χ0) is 19.8. The predicted molar refractivity (Wildman–Crippen MR) is 99.3 cm³/mol. The molecule has 0 aliphatic rings. The second-order valence-corrected chi connectivity index (χ2v) is 6.31. The SMILES string of the molecule is COc1cc(C(=O)NNC(=O)c2ccc(F)cc2)ccc1OCCC(C)C. The zero-order valence-electron chi connectivity index (χ0n) is 15.5. The van der Waals surface area contributed by atoms with E-state index in [1.807, 2.05) is 0 Å². The fourth-order valence-corrected chi connectivity index (χ4v) is 2.19. The summed E-state index contributed by atoms with van der Waals surface area (Å²) in [5.41, 5.74) is 5.11. The molecule has 144 valence electrons. The summed E-state index contributed by atoms with van der Waals surface area (Å²) in [6, 6.07) is 9.73. The Balaban J connectivity index is 1.97. The first-order valence-corrected chi connectivity index (χ1v) is 8.57. The molecule has 0 atom stereocenters. The van der Waals surface area contributed by atoms with E-state index in [9.17, 15) is 14.0 Å². The zero-order valence-corrected chi connectivity index (χ0v) is 15.5. The minimum atomic E-state index is -0.552. The van der Waals surface area contributed by atoms with E-state index in [0.717, 1.165) is 6.42 Å². The van der Waals surface area contributed by atoms with Crippen molar-refractivity contribution < 1.29 is 23.5 Å². The van der Waals surface area contributed by atoms with Crippen molar-refractivity contribution in [3.05, 3.63) is 59.4 Å². The summed E-state index contributed by atoms with van der Waals surface area (Å²) >= 11 is 0. The Hall–Kier alpha value is -3.09. The number of methoxy groups -OCH3 is 1. The number of hydrogen-bond donors (Lipinski definition) is 2. The largest absolute Gasteiger partial charge is 0.493 e. The number of ether oxygens (including phenoxy) is 2. The topological polar surface area (TPSA) is 76.7 Å². The summed E-state index contributed by atoms with van der Waals surface area (Å²) in [5, 5.41) is 0. The molecule has 0 fully saturated rings. The van der Waals surface area contributed by atoms with E-state index in [-0.39, 0.29) is 5.56 Å². The van der Waals surface area contributed by atoms with Crippen molar-refractivity contribution in [3.8, 4) is 11.5 Å². The molecule has 0 spiro atoms. The summed E-state index contributed by atoms with van der Waals surface area (Å²) in [5.74, 6) is -0.0214. The van der Waals surface area contributed by atoms with Crippen molar-refractivity contribution in [3.63, 3.8) is 0 Å². The quantitative estimate of drug-likeness (QED) is 0.729. The third kappa shape index (κ3) is 5.99. The van der Waals surface area contributed by atoms with Crippen molar-refractivity contribution in [2.24, 2.45) is 5.92 Å². The number of halogens is 1. The predicted octanol–water partition coefficient (Wildman–Crippen LogP) is 3.33.